The number of allylic oxidation sites excluding steroid dienone is 15. The third-order valence-electron chi connectivity index (χ3n) is 12.1. The van der Waals surface area contributed by atoms with Crippen LogP contribution in [0, 0.1) is 0 Å². The van der Waals surface area contributed by atoms with Gasteiger partial charge in [-0.2, -0.15) is 0 Å². The van der Waals surface area contributed by atoms with E-state index in [-0.39, 0.29) is 24.9 Å². The average Bonchev–Trinajstić information content (AvgIpc) is 3.32. The highest BCUT2D eigenvalue weighted by molar-refractivity contribution is 5.77. The number of unbranched alkanes of at least 4 members (excludes halogenated alkanes) is 22. The lowest BCUT2D eigenvalue weighted by molar-refractivity contribution is -0.150. The van der Waals surface area contributed by atoms with E-state index in [2.05, 4.69) is 111 Å². The second-order valence-electron chi connectivity index (χ2n) is 18.6. The van der Waals surface area contributed by atoms with Gasteiger partial charge in [0.15, 0.2) is 0 Å². The normalized spacial score (nSPS) is 13.9. The van der Waals surface area contributed by atoms with Crippen LogP contribution in [0.1, 0.15) is 252 Å². The van der Waals surface area contributed by atoms with Crippen molar-refractivity contribution < 1.29 is 24.5 Å². The zero-order chi connectivity index (χ0) is 48.8. The van der Waals surface area contributed by atoms with Gasteiger partial charge in [0.25, 0.3) is 0 Å². The molecule has 0 rings (SSSR count). The number of hydrogen-bond donors (Lipinski definition) is 3. The van der Waals surface area contributed by atoms with Crippen LogP contribution in [0.3, 0.4) is 0 Å². The van der Waals surface area contributed by atoms with E-state index in [1.807, 2.05) is 12.2 Å². The van der Waals surface area contributed by atoms with Crippen LogP contribution in [-0.2, 0) is 14.3 Å². The Morgan fingerprint density at radius 1 is 0.463 bits per heavy atom. The number of aliphatic hydroxyl groups excluding tert-OH is 2. The maximum Gasteiger partial charge on any atom is 0.306 e. The second-order valence-corrected chi connectivity index (χ2v) is 18.6. The van der Waals surface area contributed by atoms with E-state index in [4.69, 9.17) is 4.74 Å². The van der Waals surface area contributed by atoms with Gasteiger partial charge in [-0.25, -0.2) is 0 Å². The summed E-state index contributed by atoms with van der Waals surface area (Å²) in [6, 6.07) is -0.744. The molecule has 1 amide bonds. The summed E-state index contributed by atoms with van der Waals surface area (Å²) >= 11 is 0. The van der Waals surface area contributed by atoms with E-state index < -0.39 is 18.2 Å². The molecule has 0 heterocycles. The molecule has 67 heavy (non-hydrogen) atoms. The van der Waals surface area contributed by atoms with Gasteiger partial charge >= 0.3 is 5.97 Å². The molecule has 6 nitrogen and oxygen atoms in total. The zero-order valence-electron chi connectivity index (χ0n) is 43.8. The van der Waals surface area contributed by atoms with Crippen molar-refractivity contribution in [2.45, 2.75) is 270 Å². The first-order valence-corrected chi connectivity index (χ1v) is 28.0. The van der Waals surface area contributed by atoms with E-state index in [1.165, 1.54) is 116 Å². The molecule has 0 aromatic heterocycles. The molecule has 0 aliphatic heterocycles. The Labute approximate surface area is 414 Å². The minimum Gasteiger partial charge on any atom is -0.461 e. The Bertz CT molecular complexity index is 1320. The number of ether oxygens (including phenoxy) is 1. The van der Waals surface area contributed by atoms with Gasteiger partial charge in [-0.1, -0.05) is 246 Å². The summed E-state index contributed by atoms with van der Waals surface area (Å²) in [7, 11) is 0. The highest BCUT2D eigenvalue weighted by Crippen LogP contribution is 2.16. The number of rotatable bonds is 49. The quantitative estimate of drug-likeness (QED) is 0.0321. The highest BCUT2D eigenvalue weighted by atomic mass is 16.5. The van der Waals surface area contributed by atoms with Gasteiger partial charge in [0.05, 0.1) is 25.2 Å². The number of nitrogens with one attached hydrogen (secondary N) is 1. The Morgan fingerprint density at radius 3 is 1.28 bits per heavy atom. The van der Waals surface area contributed by atoms with E-state index in [1.54, 1.807) is 0 Å². The van der Waals surface area contributed by atoms with Crippen LogP contribution in [0.15, 0.2) is 97.2 Å². The number of amides is 1. The third-order valence-corrected chi connectivity index (χ3v) is 12.1. The van der Waals surface area contributed by atoms with Gasteiger partial charge in [-0.05, 0) is 83.5 Å². The second kappa shape index (κ2) is 53.7. The fourth-order valence-corrected chi connectivity index (χ4v) is 7.93. The topological polar surface area (TPSA) is 95.9 Å². The molecule has 0 radical (unpaired) electrons. The zero-order valence-corrected chi connectivity index (χ0v) is 43.8. The minimum absolute atomic E-state index is 0.0159. The Morgan fingerprint density at radius 2 is 0.836 bits per heavy atom. The van der Waals surface area contributed by atoms with Crippen molar-refractivity contribution in [2.24, 2.45) is 0 Å². The van der Waals surface area contributed by atoms with Gasteiger partial charge < -0.3 is 20.3 Å². The molecule has 3 N–H and O–H groups in total. The summed E-state index contributed by atoms with van der Waals surface area (Å²) in [6.07, 6.45) is 72.0. The maximum atomic E-state index is 13.2. The fourth-order valence-electron chi connectivity index (χ4n) is 7.93. The molecule has 384 valence electrons. The van der Waals surface area contributed by atoms with Crippen molar-refractivity contribution in [2.75, 3.05) is 6.61 Å². The van der Waals surface area contributed by atoms with Gasteiger partial charge in [0.1, 0.15) is 6.10 Å². The van der Waals surface area contributed by atoms with Crippen molar-refractivity contribution in [3.63, 3.8) is 0 Å². The van der Waals surface area contributed by atoms with E-state index in [0.717, 1.165) is 89.9 Å². The molecule has 3 atom stereocenters. The van der Waals surface area contributed by atoms with Crippen molar-refractivity contribution >= 4 is 11.9 Å². The average molecular weight is 933 g/mol. The standard InChI is InChI=1S/C61H105NO5/c1-4-7-10-13-16-19-22-25-28-30-32-35-38-41-44-47-50-53-59(64)58(56-63)62-60(65)55-57(52-49-46-43-40-37-34-31-27-24-21-18-15-12-9-6-3)67-61(66)54-51-48-45-42-39-36-33-29-26-23-20-17-14-11-8-5-2/h8,11,17-18,20-21,26-27,29,31,36-37,39-40,46,49,57-59,63-64H,4-7,9-10,12-16,19,22-25,28,30,32-35,38,41-45,47-48,50-56H2,1-3H3,(H,62,65)/b11-8+,20-17+,21-18-,29-26+,31-27-,39-36+,40-37-,49-46-. The molecule has 0 saturated heterocycles. The van der Waals surface area contributed by atoms with Crippen LogP contribution in [-0.4, -0.2) is 46.9 Å². The molecular formula is C61H105NO5. The number of hydrogen-bond acceptors (Lipinski definition) is 5. The van der Waals surface area contributed by atoms with Crippen molar-refractivity contribution in [3.05, 3.63) is 97.2 Å². The Balaban J connectivity index is 4.71. The lowest BCUT2D eigenvalue weighted by atomic mass is 10.0. The van der Waals surface area contributed by atoms with Crippen LogP contribution in [0.5, 0.6) is 0 Å². The van der Waals surface area contributed by atoms with Gasteiger partial charge in [-0.3, -0.25) is 9.59 Å². The monoisotopic (exact) mass is 932 g/mol. The predicted octanol–water partition coefficient (Wildman–Crippen LogP) is 17.3. The lowest BCUT2D eigenvalue weighted by Crippen LogP contribution is -2.46. The van der Waals surface area contributed by atoms with E-state index in [0.29, 0.717) is 19.3 Å². The minimum atomic E-state index is -0.823. The third kappa shape index (κ3) is 49.0. The fraction of sp³-hybridized carbons (Fsp3) is 0.705. The molecule has 0 aliphatic carbocycles. The highest BCUT2D eigenvalue weighted by Gasteiger charge is 2.23. The van der Waals surface area contributed by atoms with Crippen molar-refractivity contribution in [1.29, 1.82) is 0 Å². The number of aliphatic hydroxyl groups is 2. The van der Waals surface area contributed by atoms with E-state index in [9.17, 15) is 19.8 Å². The molecule has 0 saturated carbocycles. The first-order chi connectivity index (χ1) is 33.0. The molecule has 0 aromatic rings. The first-order valence-electron chi connectivity index (χ1n) is 28.0. The summed E-state index contributed by atoms with van der Waals surface area (Å²) in [5, 5.41) is 23.8. The number of carbonyl (C=O) groups is 2. The largest absolute Gasteiger partial charge is 0.461 e. The summed E-state index contributed by atoms with van der Waals surface area (Å²) in [5.74, 6) is -0.616. The first kappa shape index (κ1) is 63.8. The predicted molar refractivity (Wildman–Crippen MR) is 291 cm³/mol. The summed E-state index contributed by atoms with van der Waals surface area (Å²) in [6.45, 7) is 6.32. The summed E-state index contributed by atoms with van der Waals surface area (Å²) in [5.41, 5.74) is 0. The molecule has 3 unspecified atom stereocenters. The Kier molecular flexibility index (Phi) is 51.1. The van der Waals surface area contributed by atoms with Crippen LogP contribution in [0.4, 0.5) is 0 Å². The number of esters is 1. The lowest BCUT2D eigenvalue weighted by Gasteiger charge is -2.24. The van der Waals surface area contributed by atoms with Crippen molar-refractivity contribution in [1.82, 2.24) is 5.32 Å². The van der Waals surface area contributed by atoms with Crippen LogP contribution < -0.4 is 5.32 Å². The Hall–Kier alpha value is -3.22. The SMILES string of the molecule is CC/C=C/C/C=C/C/C=C/C/C=C/CCCCCC(=O)OC(C/C=C\C/C=C\C/C=C\C/C=C\CCCCC)CC(=O)NC(CO)C(O)CCCCCCCCCCCCCCCCCCC. The van der Waals surface area contributed by atoms with Crippen LogP contribution in [0.25, 0.3) is 0 Å². The molecule has 0 spiro atoms. The smallest absolute Gasteiger partial charge is 0.306 e. The molecule has 0 aromatic carbocycles. The van der Waals surface area contributed by atoms with Gasteiger partial charge in [0, 0.05) is 12.8 Å². The number of carbonyl (C=O) groups excluding carboxylic acids is 2. The molecule has 0 fully saturated rings. The molecule has 6 heteroatoms. The molecular weight excluding hydrogens is 827 g/mol. The molecule has 0 bridgehead atoms. The van der Waals surface area contributed by atoms with Gasteiger partial charge in [0.2, 0.25) is 5.91 Å². The van der Waals surface area contributed by atoms with Crippen LogP contribution in [0.2, 0.25) is 0 Å². The summed E-state index contributed by atoms with van der Waals surface area (Å²) in [4.78, 5) is 26.2. The van der Waals surface area contributed by atoms with Gasteiger partial charge in [-0.15, -0.1) is 0 Å². The van der Waals surface area contributed by atoms with Crippen LogP contribution >= 0.6 is 0 Å². The van der Waals surface area contributed by atoms with Crippen molar-refractivity contribution in [3.8, 4) is 0 Å². The summed E-state index contributed by atoms with van der Waals surface area (Å²) < 4.78 is 5.87. The maximum absolute atomic E-state index is 13.2. The van der Waals surface area contributed by atoms with E-state index >= 15 is 0 Å². The molecule has 0 aliphatic rings.